The van der Waals surface area contributed by atoms with Crippen molar-refractivity contribution in [3.05, 3.63) is 27.9 Å². The molecule has 1 N–H and O–H groups in total. The summed E-state index contributed by atoms with van der Waals surface area (Å²) in [4.78, 5) is 14.6. The van der Waals surface area contributed by atoms with Crippen LogP contribution in [0, 0.1) is 23.0 Å². The molecular weight excluding hydrogens is 206 g/mol. The van der Waals surface area contributed by atoms with Gasteiger partial charge in [-0.3, -0.25) is 10.1 Å². The van der Waals surface area contributed by atoms with Gasteiger partial charge in [0.25, 0.3) is 0 Å². The number of hydrogen-bond donors (Lipinski definition) is 1. The Morgan fingerprint density at radius 3 is 2.75 bits per heavy atom. The van der Waals surface area contributed by atoms with E-state index in [0.717, 1.165) is 18.5 Å². The van der Waals surface area contributed by atoms with Crippen LogP contribution in [0.2, 0.25) is 0 Å². The van der Waals surface area contributed by atoms with Crippen LogP contribution in [-0.4, -0.2) is 15.9 Å². The van der Waals surface area contributed by atoms with E-state index >= 15 is 0 Å². The Balaban J connectivity index is 2.17. The SMILES string of the molecule is Cc1ccc([N+](=O)[O-])c(NC2CC(C)C2)n1. The van der Waals surface area contributed by atoms with Crippen molar-refractivity contribution >= 4 is 11.5 Å². The maximum atomic E-state index is 10.8. The maximum absolute atomic E-state index is 10.8. The first-order chi connectivity index (χ1) is 7.56. The van der Waals surface area contributed by atoms with Crippen LogP contribution in [0.5, 0.6) is 0 Å². The van der Waals surface area contributed by atoms with Crippen molar-refractivity contribution in [3.8, 4) is 0 Å². The second-order valence-corrected chi connectivity index (χ2v) is 4.50. The molecule has 86 valence electrons. The molecule has 0 radical (unpaired) electrons. The van der Waals surface area contributed by atoms with Crippen LogP contribution in [0.1, 0.15) is 25.5 Å². The lowest BCUT2D eigenvalue weighted by Gasteiger charge is -2.33. The molecule has 1 aromatic rings. The molecule has 0 aromatic carbocycles. The summed E-state index contributed by atoms with van der Waals surface area (Å²) in [5.41, 5.74) is 0.852. The van der Waals surface area contributed by atoms with E-state index in [2.05, 4.69) is 17.2 Å². The van der Waals surface area contributed by atoms with Gasteiger partial charge in [0, 0.05) is 17.8 Å². The minimum atomic E-state index is -0.392. The molecule has 0 saturated heterocycles. The van der Waals surface area contributed by atoms with Crippen molar-refractivity contribution in [1.29, 1.82) is 0 Å². The molecule has 0 atom stereocenters. The summed E-state index contributed by atoms with van der Waals surface area (Å²) in [6.07, 6.45) is 2.12. The monoisotopic (exact) mass is 221 g/mol. The minimum Gasteiger partial charge on any atom is -0.362 e. The van der Waals surface area contributed by atoms with E-state index in [1.165, 1.54) is 6.07 Å². The number of nitrogens with one attached hydrogen (secondary N) is 1. The molecule has 2 rings (SSSR count). The van der Waals surface area contributed by atoms with Crippen molar-refractivity contribution in [3.63, 3.8) is 0 Å². The lowest BCUT2D eigenvalue weighted by molar-refractivity contribution is -0.384. The Morgan fingerprint density at radius 1 is 1.50 bits per heavy atom. The van der Waals surface area contributed by atoms with Crippen molar-refractivity contribution in [2.75, 3.05) is 5.32 Å². The highest BCUT2D eigenvalue weighted by molar-refractivity contribution is 5.56. The van der Waals surface area contributed by atoms with Gasteiger partial charge in [0.2, 0.25) is 5.82 Å². The fourth-order valence-electron chi connectivity index (χ4n) is 2.02. The van der Waals surface area contributed by atoms with Crippen molar-refractivity contribution in [2.45, 2.75) is 32.7 Å². The molecular formula is C11H15N3O2. The van der Waals surface area contributed by atoms with Crippen molar-refractivity contribution in [2.24, 2.45) is 5.92 Å². The van der Waals surface area contributed by atoms with Gasteiger partial charge in [0.05, 0.1) is 4.92 Å². The number of pyridine rings is 1. The lowest BCUT2D eigenvalue weighted by Crippen LogP contribution is -2.34. The summed E-state index contributed by atoms with van der Waals surface area (Å²) in [5, 5.41) is 14.0. The standard InChI is InChI=1S/C11H15N3O2/c1-7-5-9(6-7)13-11-10(14(15)16)4-3-8(2)12-11/h3-4,7,9H,5-6H2,1-2H3,(H,12,13). The predicted octanol–water partition coefficient (Wildman–Crippen LogP) is 2.51. The average molecular weight is 221 g/mol. The normalized spacial score (nSPS) is 23.6. The van der Waals surface area contributed by atoms with Gasteiger partial charge in [-0.05, 0) is 31.7 Å². The van der Waals surface area contributed by atoms with Gasteiger partial charge in [0.1, 0.15) is 0 Å². The van der Waals surface area contributed by atoms with Gasteiger partial charge >= 0.3 is 5.69 Å². The topological polar surface area (TPSA) is 68.1 Å². The van der Waals surface area contributed by atoms with Crippen LogP contribution in [0.15, 0.2) is 12.1 Å². The van der Waals surface area contributed by atoms with Gasteiger partial charge in [-0.25, -0.2) is 4.98 Å². The van der Waals surface area contributed by atoms with Crippen molar-refractivity contribution < 1.29 is 4.92 Å². The Labute approximate surface area is 94.0 Å². The molecule has 0 spiro atoms. The summed E-state index contributed by atoms with van der Waals surface area (Å²) in [6, 6.07) is 3.50. The average Bonchev–Trinajstić information content (AvgIpc) is 2.15. The Bertz CT molecular complexity index is 414. The van der Waals surface area contributed by atoms with Gasteiger partial charge in [0.15, 0.2) is 0 Å². The summed E-state index contributed by atoms with van der Waals surface area (Å²) >= 11 is 0. The molecule has 5 heteroatoms. The number of nitro groups is 1. The van der Waals surface area contributed by atoms with E-state index in [1.807, 2.05) is 6.92 Å². The zero-order valence-electron chi connectivity index (χ0n) is 9.43. The third-order valence-corrected chi connectivity index (χ3v) is 2.92. The molecule has 0 amide bonds. The predicted molar refractivity (Wildman–Crippen MR) is 61.4 cm³/mol. The van der Waals surface area contributed by atoms with Crippen molar-refractivity contribution in [1.82, 2.24) is 4.98 Å². The molecule has 0 bridgehead atoms. The molecule has 1 aliphatic rings. The highest BCUT2D eigenvalue weighted by Gasteiger charge is 2.27. The Hall–Kier alpha value is -1.65. The molecule has 1 aromatic heterocycles. The summed E-state index contributed by atoms with van der Waals surface area (Å²) in [6.45, 7) is 4.01. The number of anilines is 1. The third kappa shape index (κ3) is 2.13. The first-order valence-electron chi connectivity index (χ1n) is 5.45. The summed E-state index contributed by atoms with van der Waals surface area (Å²) < 4.78 is 0. The number of nitrogens with zero attached hydrogens (tertiary/aromatic N) is 2. The van der Waals surface area contributed by atoms with E-state index in [9.17, 15) is 10.1 Å². The highest BCUT2D eigenvalue weighted by atomic mass is 16.6. The van der Waals surface area contributed by atoms with Crippen LogP contribution in [0.25, 0.3) is 0 Å². The van der Waals surface area contributed by atoms with Crippen LogP contribution in [-0.2, 0) is 0 Å². The third-order valence-electron chi connectivity index (χ3n) is 2.92. The zero-order valence-corrected chi connectivity index (χ0v) is 9.43. The second kappa shape index (κ2) is 4.08. The number of rotatable bonds is 3. The Morgan fingerprint density at radius 2 is 2.19 bits per heavy atom. The highest BCUT2D eigenvalue weighted by Crippen LogP contribution is 2.31. The van der Waals surface area contributed by atoms with E-state index in [0.29, 0.717) is 17.8 Å². The lowest BCUT2D eigenvalue weighted by atomic mass is 9.82. The molecule has 1 heterocycles. The fraction of sp³-hybridized carbons (Fsp3) is 0.545. The molecule has 1 aliphatic carbocycles. The van der Waals surface area contributed by atoms with Crippen LogP contribution >= 0.6 is 0 Å². The first kappa shape index (κ1) is 10.9. The molecule has 1 fully saturated rings. The van der Waals surface area contributed by atoms with Gasteiger partial charge in [-0.15, -0.1) is 0 Å². The number of hydrogen-bond acceptors (Lipinski definition) is 4. The second-order valence-electron chi connectivity index (χ2n) is 4.50. The van der Waals surface area contributed by atoms with Crippen LogP contribution < -0.4 is 5.32 Å². The smallest absolute Gasteiger partial charge is 0.311 e. The van der Waals surface area contributed by atoms with Gasteiger partial charge in [-0.2, -0.15) is 0 Å². The fourth-order valence-corrected chi connectivity index (χ4v) is 2.02. The molecule has 1 saturated carbocycles. The van der Waals surface area contributed by atoms with Crippen LogP contribution in [0.4, 0.5) is 11.5 Å². The molecule has 0 aliphatic heterocycles. The van der Waals surface area contributed by atoms with E-state index in [1.54, 1.807) is 6.07 Å². The molecule has 5 nitrogen and oxygen atoms in total. The largest absolute Gasteiger partial charge is 0.362 e. The Kier molecular flexibility index (Phi) is 2.77. The summed E-state index contributed by atoms with van der Waals surface area (Å²) in [5.74, 6) is 1.11. The van der Waals surface area contributed by atoms with E-state index in [4.69, 9.17) is 0 Å². The quantitative estimate of drug-likeness (QED) is 0.629. The van der Waals surface area contributed by atoms with E-state index in [-0.39, 0.29) is 5.69 Å². The first-order valence-corrected chi connectivity index (χ1v) is 5.45. The molecule has 0 unspecified atom stereocenters. The molecule has 16 heavy (non-hydrogen) atoms. The van der Waals surface area contributed by atoms with Gasteiger partial charge in [-0.1, -0.05) is 6.92 Å². The number of aromatic nitrogens is 1. The number of aryl methyl sites for hydroxylation is 1. The maximum Gasteiger partial charge on any atom is 0.311 e. The summed E-state index contributed by atoms with van der Waals surface area (Å²) in [7, 11) is 0. The minimum absolute atomic E-state index is 0.0603. The van der Waals surface area contributed by atoms with Crippen LogP contribution in [0.3, 0.4) is 0 Å². The zero-order chi connectivity index (χ0) is 11.7. The van der Waals surface area contributed by atoms with E-state index < -0.39 is 4.92 Å². The van der Waals surface area contributed by atoms with Gasteiger partial charge < -0.3 is 5.32 Å².